The number of hydrogen-bond donors (Lipinski definition) is 3. The van der Waals surface area contributed by atoms with Gasteiger partial charge < -0.3 is 30.5 Å². The van der Waals surface area contributed by atoms with E-state index in [2.05, 4.69) is 27.6 Å². The molecule has 3 aliphatic rings. The topological polar surface area (TPSA) is 98.5 Å². The van der Waals surface area contributed by atoms with Crippen molar-refractivity contribution in [1.29, 1.82) is 0 Å². The van der Waals surface area contributed by atoms with Crippen LogP contribution in [0.25, 0.3) is 0 Å². The van der Waals surface area contributed by atoms with Crippen molar-refractivity contribution in [2.24, 2.45) is 10.7 Å². The Balaban J connectivity index is 1.42. The minimum atomic E-state index is -0.639. The molecule has 2 fully saturated rings. The summed E-state index contributed by atoms with van der Waals surface area (Å²) in [5, 5.41) is 5.66. The van der Waals surface area contributed by atoms with Gasteiger partial charge in [-0.05, 0) is 70.2 Å². The molecule has 1 atom stereocenters. The maximum Gasteiger partial charge on any atom is 0.323 e. The van der Waals surface area contributed by atoms with E-state index in [4.69, 9.17) is 22.7 Å². The third kappa shape index (κ3) is 5.91. The van der Waals surface area contributed by atoms with Crippen molar-refractivity contribution in [2.45, 2.75) is 44.0 Å². The fourth-order valence-electron chi connectivity index (χ4n) is 4.08. The van der Waals surface area contributed by atoms with Gasteiger partial charge in [0.1, 0.15) is 5.82 Å². The lowest BCUT2D eigenvalue weighted by molar-refractivity contribution is 0.125. The predicted molar refractivity (Wildman–Crippen MR) is 129 cm³/mol. The molecule has 0 radical (unpaired) electrons. The number of benzene rings is 1. The third-order valence-corrected chi connectivity index (χ3v) is 6.12. The Bertz CT molecular complexity index is 960. The normalized spacial score (nSPS) is 21.4. The Kier molecular flexibility index (Phi) is 6.99. The molecular formula is C22H30FN7O2S. The van der Waals surface area contributed by atoms with E-state index in [1.54, 1.807) is 30.4 Å². The van der Waals surface area contributed by atoms with Crippen LogP contribution in [-0.4, -0.2) is 77.7 Å². The molecule has 0 aromatic heterocycles. The maximum atomic E-state index is 14.5. The van der Waals surface area contributed by atoms with Crippen LogP contribution in [0.3, 0.4) is 0 Å². The quantitative estimate of drug-likeness (QED) is 0.543. The van der Waals surface area contributed by atoms with Crippen LogP contribution in [0.2, 0.25) is 0 Å². The van der Waals surface area contributed by atoms with Gasteiger partial charge in [-0.3, -0.25) is 5.32 Å². The number of hydrogen-bond acceptors (Lipinski definition) is 6. The van der Waals surface area contributed by atoms with Crippen LogP contribution in [0.4, 0.5) is 14.9 Å². The number of halogens is 1. The largest absolute Gasteiger partial charge is 0.464 e. The second-order valence-electron chi connectivity index (χ2n) is 8.71. The Hall–Kier alpha value is -2.92. The molecule has 1 aliphatic carbocycles. The van der Waals surface area contributed by atoms with Crippen molar-refractivity contribution in [2.75, 3.05) is 32.5 Å². The minimum Gasteiger partial charge on any atom is -0.464 e. The van der Waals surface area contributed by atoms with E-state index in [9.17, 15) is 9.18 Å². The lowest BCUT2D eigenvalue weighted by Crippen LogP contribution is -2.51. The summed E-state index contributed by atoms with van der Waals surface area (Å²) in [5.74, 6) is -0.120. The molecule has 1 aromatic carbocycles. The lowest BCUT2D eigenvalue weighted by Gasteiger charge is -2.37. The van der Waals surface area contributed by atoms with Crippen LogP contribution < -0.4 is 21.1 Å². The van der Waals surface area contributed by atoms with Gasteiger partial charge in [0.25, 0.3) is 0 Å². The standard InChI is InChI=1S/C22H30FN7O2S/c1-28-9-7-16(8-10-28)30(15-4-5-15)22(31)27-19-12-20(29(2)13-25-19)32-18-6-3-14(11-17(18)23)26-21(24)33/h3,6,11-13,15-16,20H,4-5,7-10H2,1-2H3,(H,27,31)(H3,24,26,33). The van der Waals surface area contributed by atoms with E-state index >= 15 is 0 Å². The molecule has 1 saturated heterocycles. The highest BCUT2D eigenvalue weighted by atomic mass is 32.1. The van der Waals surface area contributed by atoms with Gasteiger partial charge in [-0.1, -0.05) is 0 Å². The van der Waals surface area contributed by atoms with Crippen LogP contribution in [0.1, 0.15) is 25.7 Å². The van der Waals surface area contributed by atoms with Gasteiger partial charge in [-0.15, -0.1) is 0 Å². The highest BCUT2D eigenvalue weighted by Gasteiger charge is 2.38. The first-order valence-electron chi connectivity index (χ1n) is 11.1. The number of thiocarbonyl (C=S) groups is 1. The van der Waals surface area contributed by atoms with Gasteiger partial charge in [0.2, 0.25) is 0 Å². The Morgan fingerprint density at radius 2 is 1.91 bits per heavy atom. The summed E-state index contributed by atoms with van der Waals surface area (Å²) in [6, 6.07) is 4.76. The number of anilines is 1. The molecule has 11 heteroatoms. The molecule has 1 unspecified atom stereocenters. The van der Waals surface area contributed by atoms with Crippen molar-refractivity contribution < 1.29 is 13.9 Å². The number of carbonyl (C=O) groups is 1. The lowest BCUT2D eigenvalue weighted by atomic mass is 10.0. The van der Waals surface area contributed by atoms with E-state index in [-0.39, 0.29) is 22.9 Å². The van der Waals surface area contributed by atoms with Crippen molar-refractivity contribution >= 4 is 35.4 Å². The number of nitrogens with zero attached hydrogens (tertiary/aromatic N) is 4. The molecule has 4 N–H and O–H groups in total. The SMILES string of the molecule is CN1CCC(N(C(=O)NC2=CC(Oc3ccc(NC(N)=S)cc3F)N(C)C=N2)C2CC2)CC1. The summed E-state index contributed by atoms with van der Waals surface area (Å²) in [6.07, 6.45) is 6.59. The summed E-state index contributed by atoms with van der Waals surface area (Å²) < 4.78 is 20.4. The molecule has 33 heavy (non-hydrogen) atoms. The van der Waals surface area contributed by atoms with E-state index in [0.717, 1.165) is 38.8 Å². The monoisotopic (exact) mass is 475 g/mol. The van der Waals surface area contributed by atoms with Gasteiger partial charge in [-0.2, -0.15) is 0 Å². The molecule has 2 amide bonds. The summed E-state index contributed by atoms with van der Waals surface area (Å²) in [4.78, 5) is 23.4. The van der Waals surface area contributed by atoms with E-state index < -0.39 is 12.0 Å². The number of rotatable bonds is 6. The maximum absolute atomic E-state index is 14.5. The fourth-order valence-corrected chi connectivity index (χ4v) is 4.20. The van der Waals surface area contributed by atoms with Crippen molar-refractivity contribution in [3.8, 4) is 5.75 Å². The second-order valence-corrected chi connectivity index (χ2v) is 9.15. The average molecular weight is 476 g/mol. The zero-order valence-corrected chi connectivity index (χ0v) is 19.6. The summed E-state index contributed by atoms with van der Waals surface area (Å²) in [7, 11) is 3.87. The van der Waals surface area contributed by atoms with Gasteiger partial charge in [0.05, 0.1) is 6.34 Å². The highest BCUT2D eigenvalue weighted by molar-refractivity contribution is 7.80. The average Bonchev–Trinajstić information content (AvgIpc) is 3.58. The number of ether oxygens (including phenoxy) is 1. The van der Waals surface area contributed by atoms with Crippen LogP contribution in [-0.2, 0) is 0 Å². The number of likely N-dealkylation sites (tertiary alicyclic amines) is 1. The van der Waals surface area contributed by atoms with Gasteiger partial charge >= 0.3 is 6.03 Å². The molecule has 2 heterocycles. The number of amides is 2. The molecule has 2 aliphatic heterocycles. The number of aliphatic imine (C=N–C) groups is 1. The molecule has 0 bridgehead atoms. The number of piperidine rings is 1. The van der Waals surface area contributed by atoms with Gasteiger partial charge in [-0.25, -0.2) is 14.2 Å². The third-order valence-electron chi connectivity index (χ3n) is 6.02. The molecule has 4 rings (SSSR count). The number of likely N-dealkylation sites (N-methyl/N-ethyl adjacent to an activating group) is 1. The number of carbonyl (C=O) groups excluding carboxylic acids is 1. The summed E-state index contributed by atoms with van der Waals surface area (Å²) in [5.41, 5.74) is 5.86. The summed E-state index contributed by atoms with van der Waals surface area (Å²) in [6.45, 7) is 1.97. The molecule has 1 saturated carbocycles. The molecule has 178 valence electrons. The molecular weight excluding hydrogens is 445 g/mol. The minimum absolute atomic E-state index is 0.0510. The predicted octanol–water partition coefficient (Wildman–Crippen LogP) is 2.27. The van der Waals surface area contributed by atoms with Crippen LogP contribution >= 0.6 is 12.2 Å². The Morgan fingerprint density at radius 1 is 1.21 bits per heavy atom. The molecule has 9 nitrogen and oxygen atoms in total. The van der Waals surface area contributed by atoms with E-state index in [0.29, 0.717) is 17.6 Å². The first kappa shape index (κ1) is 23.2. The van der Waals surface area contributed by atoms with Crippen molar-refractivity contribution in [3.05, 3.63) is 35.9 Å². The zero-order valence-electron chi connectivity index (χ0n) is 18.8. The van der Waals surface area contributed by atoms with Gasteiger partial charge in [0.15, 0.2) is 22.9 Å². The zero-order chi connectivity index (χ0) is 23.5. The van der Waals surface area contributed by atoms with E-state index in [1.807, 2.05) is 4.90 Å². The Morgan fingerprint density at radius 3 is 2.55 bits per heavy atom. The van der Waals surface area contributed by atoms with Crippen molar-refractivity contribution in [3.63, 3.8) is 0 Å². The van der Waals surface area contributed by atoms with Gasteiger partial charge in [0, 0.05) is 37.0 Å². The van der Waals surface area contributed by atoms with E-state index in [1.165, 1.54) is 12.1 Å². The molecule has 1 aromatic rings. The number of urea groups is 1. The highest BCUT2D eigenvalue weighted by Crippen LogP contribution is 2.32. The number of nitrogens with two attached hydrogens (primary N) is 1. The first-order valence-corrected chi connectivity index (χ1v) is 11.5. The van der Waals surface area contributed by atoms with Crippen LogP contribution in [0.5, 0.6) is 5.75 Å². The first-order chi connectivity index (χ1) is 15.8. The smallest absolute Gasteiger partial charge is 0.323 e. The van der Waals surface area contributed by atoms with Crippen molar-refractivity contribution in [1.82, 2.24) is 20.0 Å². The van der Waals surface area contributed by atoms with Crippen LogP contribution in [0, 0.1) is 5.82 Å². The fraction of sp³-hybridized carbons (Fsp3) is 0.500. The summed E-state index contributed by atoms with van der Waals surface area (Å²) >= 11 is 4.78. The van der Waals surface area contributed by atoms with Crippen LogP contribution in [0.15, 0.2) is 35.1 Å². The second kappa shape index (κ2) is 9.92. The molecule has 0 spiro atoms. The Labute approximate surface area is 198 Å². The number of nitrogens with one attached hydrogen (secondary N) is 2.